The predicted octanol–water partition coefficient (Wildman–Crippen LogP) is 1.11. The zero-order valence-electron chi connectivity index (χ0n) is 10.2. The Bertz CT molecular complexity index is 332. The molecule has 0 bridgehead atoms. The fraction of sp³-hybridized carbons (Fsp3) is 0.600. The normalized spacial score (nSPS) is 11.2. The molecule has 0 saturated carbocycles. The molecule has 2 N–H and O–H groups in total. The molecule has 0 aliphatic rings. The maximum Gasteiger partial charge on any atom is 0.191 e. The van der Waals surface area contributed by atoms with E-state index < -0.39 is 0 Å². The second-order valence-corrected chi connectivity index (χ2v) is 3.67. The molecule has 6 heteroatoms. The molecule has 1 aromatic heterocycles. The molecular formula is C10H20IN5. The molecule has 0 aliphatic carbocycles. The zero-order chi connectivity index (χ0) is 11.3. The number of aromatic nitrogens is 2. The van der Waals surface area contributed by atoms with Gasteiger partial charge in [-0.15, -0.1) is 24.0 Å². The van der Waals surface area contributed by atoms with Gasteiger partial charge in [-0.1, -0.05) is 0 Å². The summed E-state index contributed by atoms with van der Waals surface area (Å²) in [4.78, 5) is 4.12. The topological polar surface area (TPSA) is 54.2 Å². The molecule has 16 heavy (non-hydrogen) atoms. The highest BCUT2D eigenvalue weighted by molar-refractivity contribution is 14.0. The van der Waals surface area contributed by atoms with E-state index in [4.69, 9.17) is 0 Å². The molecular weight excluding hydrogens is 317 g/mol. The van der Waals surface area contributed by atoms with Crippen molar-refractivity contribution in [3.63, 3.8) is 0 Å². The Morgan fingerprint density at radius 3 is 2.69 bits per heavy atom. The Morgan fingerprint density at radius 2 is 2.25 bits per heavy atom. The van der Waals surface area contributed by atoms with Gasteiger partial charge in [0, 0.05) is 26.3 Å². The molecule has 0 unspecified atom stereocenters. The van der Waals surface area contributed by atoms with Crippen LogP contribution in [0, 0.1) is 0 Å². The van der Waals surface area contributed by atoms with Gasteiger partial charge < -0.3 is 10.6 Å². The maximum absolute atomic E-state index is 4.12. The average molecular weight is 337 g/mol. The molecule has 0 aliphatic heterocycles. The van der Waals surface area contributed by atoms with Gasteiger partial charge >= 0.3 is 0 Å². The van der Waals surface area contributed by atoms with Crippen molar-refractivity contribution in [2.45, 2.75) is 26.4 Å². The molecule has 0 atom stereocenters. The summed E-state index contributed by atoms with van der Waals surface area (Å²) in [5.74, 6) is 0.811. The predicted molar refractivity (Wildman–Crippen MR) is 77.1 cm³/mol. The van der Waals surface area contributed by atoms with Crippen LogP contribution in [0.4, 0.5) is 0 Å². The minimum Gasteiger partial charge on any atom is -0.354 e. The monoisotopic (exact) mass is 337 g/mol. The first-order valence-electron chi connectivity index (χ1n) is 5.07. The van der Waals surface area contributed by atoms with E-state index in [1.165, 1.54) is 0 Å². The first kappa shape index (κ1) is 15.2. The third-order valence-electron chi connectivity index (χ3n) is 2.01. The maximum atomic E-state index is 4.12. The second kappa shape index (κ2) is 7.48. The van der Waals surface area contributed by atoms with E-state index in [2.05, 4.69) is 34.6 Å². The number of nitrogens with zero attached hydrogens (tertiary/aromatic N) is 3. The van der Waals surface area contributed by atoms with Crippen LogP contribution in [0.1, 0.15) is 19.5 Å². The number of halogens is 1. The van der Waals surface area contributed by atoms with E-state index >= 15 is 0 Å². The number of hydrogen-bond donors (Lipinski definition) is 2. The van der Waals surface area contributed by atoms with Crippen LogP contribution in [-0.4, -0.2) is 28.8 Å². The molecule has 1 heterocycles. The van der Waals surface area contributed by atoms with E-state index in [0.717, 1.165) is 18.2 Å². The van der Waals surface area contributed by atoms with Gasteiger partial charge in [0.05, 0.1) is 12.2 Å². The number of aliphatic imine (C=N–C) groups is 1. The Morgan fingerprint density at radius 1 is 1.56 bits per heavy atom. The summed E-state index contributed by atoms with van der Waals surface area (Å²) in [7, 11) is 3.69. The summed E-state index contributed by atoms with van der Waals surface area (Å²) in [5, 5.41) is 10.5. The van der Waals surface area contributed by atoms with E-state index in [0.29, 0.717) is 6.04 Å². The van der Waals surface area contributed by atoms with E-state index in [1.807, 2.05) is 17.8 Å². The molecule has 0 fully saturated rings. The summed E-state index contributed by atoms with van der Waals surface area (Å²) in [6, 6.07) is 2.36. The number of guanidine groups is 1. The molecule has 1 aromatic rings. The quantitative estimate of drug-likeness (QED) is 0.494. The Hall–Kier alpha value is -0.790. The first-order valence-corrected chi connectivity index (χ1v) is 5.07. The molecule has 1 rings (SSSR count). The molecule has 0 aromatic carbocycles. The summed E-state index contributed by atoms with van der Waals surface area (Å²) in [5.41, 5.74) is 1.13. The van der Waals surface area contributed by atoms with E-state index in [-0.39, 0.29) is 24.0 Å². The molecule has 0 amide bonds. The third kappa shape index (κ3) is 4.82. The lowest BCUT2D eigenvalue weighted by molar-refractivity contribution is 0.665. The highest BCUT2D eigenvalue weighted by atomic mass is 127. The van der Waals surface area contributed by atoms with Gasteiger partial charge in [-0.3, -0.25) is 9.67 Å². The highest BCUT2D eigenvalue weighted by Gasteiger charge is 2.01. The van der Waals surface area contributed by atoms with Crippen LogP contribution >= 0.6 is 24.0 Å². The Kier molecular flexibility index (Phi) is 7.11. The summed E-state index contributed by atoms with van der Waals surface area (Å²) >= 11 is 0. The van der Waals surface area contributed by atoms with Crippen LogP contribution in [0.5, 0.6) is 0 Å². The molecule has 92 valence electrons. The van der Waals surface area contributed by atoms with Gasteiger partial charge in [0.2, 0.25) is 0 Å². The lowest BCUT2D eigenvalue weighted by Gasteiger charge is -2.14. The number of nitrogens with one attached hydrogen (secondary N) is 2. The van der Waals surface area contributed by atoms with Crippen LogP contribution in [-0.2, 0) is 13.6 Å². The Balaban J connectivity index is 0.00000225. The molecule has 0 radical (unpaired) electrons. The molecule has 0 saturated heterocycles. The average Bonchev–Trinajstić information content (AvgIpc) is 2.58. The van der Waals surface area contributed by atoms with Crippen LogP contribution in [0.3, 0.4) is 0 Å². The smallest absolute Gasteiger partial charge is 0.191 e. The second-order valence-electron chi connectivity index (χ2n) is 3.67. The van der Waals surface area contributed by atoms with Gasteiger partial charge in [-0.2, -0.15) is 5.10 Å². The lowest BCUT2D eigenvalue weighted by Crippen LogP contribution is -2.40. The molecule has 0 spiro atoms. The van der Waals surface area contributed by atoms with E-state index in [1.54, 1.807) is 13.2 Å². The van der Waals surface area contributed by atoms with Crippen molar-refractivity contribution in [1.82, 2.24) is 20.4 Å². The van der Waals surface area contributed by atoms with Gasteiger partial charge in [-0.25, -0.2) is 0 Å². The summed E-state index contributed by atoms with van der Waals surface area (Å²) in [6.07, 6.45) is 1.79. The van der Waals surface area contributed by atoms with Gasteiger partial charge in [-0.05, 0) is 19.9 Å². The highest BCUT2D eigenvalue weighted by Crippen LogP contribution is 1.94. The number of hydrogen-bond acceptors (Lipinski definition) is 2. The zero-order valence-corrected chi connectivity index (χ0v) is 12.5. The van der Waals surface area contributed by atoms with Crippen molar-refractivity contribution in [2.24, 2.45) is 12.0 Å². The number of aryl methyl sites for hydroxylation is 1. The first-order chi connectivity index (χ1) is 7.13. The van der Waals surface area contributed by atoms with Crippen LogP contribution in [0.2, 0.25) is 0 Å². The Labute approximate surface area is 114 Å². The third-order valence-corrected chi connectivity index (χ3v) is 2.01. The van der Waals surface area contributed by atoms with Crippen LogP contribution < -0.4 is 10.6 Å². The summed E-state index contributed by atoms with van der Waals surface area (Å²) in [6.45, 7) is 4.89. The van der Waals surface area contributed by atoms with E-state index in [9.17, 15) is 0 Å². The van der Waals surface area contributed by atoms with Crippen molar-refractivity contribution in [1.29, 1.82) is 0 Å². The standard InChI is InChI=1S/C10H19N5.HI/c1-8(2)14-10(11-3)12-7-9-5-6-13-15(9)4;/h5-6,8H,7H2,1-4H3,(H2,11,12,14);1H. The molecule has 5 nitrogen and oxygen atoms in total. The number of rotatable bonds is 3. The van der Waals surface area contributed by atoms with Crippen LogP contribution in [0.25, 0.3) is 0 Å². The van der Waals surface area contributed by atoms with Crippen molar-refractivity contribution in [3.8, 4) is 0 Å². The van der Waals surface area contributed by atoms with Gasteiger partial charge in [0.1, 0.15) is 0 Å². The van der Waals surface area contributed by atoms with Crippen molar-refractivity contribution in [2.75, 3.05) is 7.05 Å². The van der Waals surface area contributed by atoms with Crippen molar-refractivity contribution < 1.29 is 0 Å². The van der Waals surface area contributed by atoms with Gasteiger partial charge in [0.15, 0.2) is 5.96 Å². The fourth-order valence-electron chi connectivity index (χ4n) is 1.22. The van der Waals surface area contributed by atoms with Gasteiger partial charge in [0.25, 0.3) is 0 Å². The minimum atomic E-state index is 0. The minimum absolute atomic E-state index is 0. The lowest BCUT2D eigenvalue weighted by atomic mass is 10.4. The fourth-order valence-corrected chi connectivity index (χ4v) is 1.22. The summed E-state index contributed by atoms with van der Waals surface area (Å²) < 4.78 is 1.84. The van der Waals surface area contributed by atoms with Crippen molar-refractivity contribution >= 4 is 29.9 Å². The van der Waals surface area contributed by atoms with Crippen molar-refractivity contribution in [3.05, 3.63) is 18.0 Å². The SMILES string of the molecule is CN=C(NCc1ccnn1C)NC(C)C.I. The van der Waals surface area contributed by atoms with Crippen LogP contribution in [0.15, 0.2) is 17.3 Å². The largest absolute Gasteiger partial charge is 0.354 e.